The van der Waals surface area contributed by atoms with Crippen LogP contribution in [0.15, 0.2) is 59.6 Å². The largest absolute Gasteiger partial charge is 0.384 e. The lowest BCUT2D eigenvalue weighted by atomic mass is 9.97. The van der Waals surface area contributed by atoms with Gasteiger partial charge in [0.15, 0.2) is 0 Å². The molecule has 2 unspecified atom stereocenters. The fourth-order valence-electron chi connectivity index (χ4n) is 1.77. The molecule has 0 radical (unpaired) electrons. The molecule has 88 valence electrons. The minimum Gasteiger partial charge on any atom is -0.384 e. The van der Waals surface area contributed by atoms with Gasteiger partial charge in [-0.1, -0.05) is 48.6 Å². The van der Waals surface area contributed by atoms with E-state index in [2.05, 4.69) is 12.6 Å². The smallest absolute Gasteiger partial charge is 0.110 e. The molecule has 0 saturated heterocycles. The number of aliphatic hydroxyl groups excluding tert-OH is 2. The van der Waals surface area contributed by atoms with E-state index in [1.54, 1.807) is 42.5 Å². The lowest BCUT2D eigenvalue weighted by Gasteiger charge is -2.18. The second-order valence-corrected chi connectivity index (χ2v) is 4.35. The van der Waals surface area contributed by atoms with Crippen LogP contribution in [0.4, 0.5) is 0 Å². The van der Waals surface area contributed by atoms with Crippen LogP contribution in [0.3, 0.4) is 0 Å². The van der Waals surface area contributed by atoms with E-state index in [1.165, 1.54) is 0 Å². The van der Waals surface area contributed by atoms with E-state index in [1.807, 2.05) is 12.1 Å². The zero-order chi connectivity index (χ0) is 12.3. The highest BCUT2D eigenvalue weighted by Gasteiger charge is 2.17. The van der Waals surface area contributed by atoms with Gasteiger partial charge < -0.3 is 10.2 Å². The van der Waals surface area contributed by atoms with Crippen molar-refractivity contribution < 1.29 is 10.2 Å². The molecule has 0 saturated carbocycles. The Morgan fingerprint density at radius 1 is 0.941 bits per heavy atom. The highest BCUT2D eigenvalue weighted by Crippen LogP contribution is 2.31. The maximum Gasteiger partial charge on any atom is 0.110 e. The summed E-state index contributed by atoms with van der Waals surface area (Å²) in [6, 6.07) is 7.28. The second-order valence-electron chi connectivity index (χ2n) is 3.84. The minimum absolute atomic E-state index is 0.552. The highest BCUT2D eigenvalue weighted by molar-refractivity contribution is 7.84. The van der Waals surface area contributed by atoms with Gasteiger partial charge in [-0.25, -0.2) is 0 Å². The van der Waals surface area contributed by atoms with E-state index in [0.29, 0.717) is 16.0 Å². The number of fused-ring (bicyclic) bond motifs is 1. The normalized spacial score (nSPS) is 30.9. The Labute approximate surface area is 106 Å². The first-order valence-corrected chi connectivity index (χ1v) is 5.84. The topological polar surface area (TPSA) is 40.5 Å². The molecule has 3 heteroatoms. The molecular weight excluding hydrogens is 232 g/mol. The van der Waals surface area contributed by atoms with Crippen molar-refractivity contribution in [3.8, 4) is 0 Å². The lowest BCUT2D eigenvalue weighted by Crippen LogP contribution is -2.05. The maximum absolute atomic E-state index is 10.2. The van der Waals surface area contributed by atoms with Crippen LogP contribution in [0.5, 0.6) is 0 Å². The Morgan fingerprint density at radius 2 is 1.65 bits per heavy atom. The maximum atomic E-state index is 10.2. The Hall–Kier alpha value is -1.29. The average Bonchev–Trinajstić information content (AvgIpc) is 2.36. The Bertz CT molecular complexity index is 489. The Kier molecular flexibility index (Phi) is 3.84. The zero-order valence-corrected chi connectivity index (χ0v) is 10.1. The number of thiol groups is 1. The van der Waals surface area contributed by atoms with Crippen molar-refractivity contribution in [1.29, 1.82) is 0 Å². The summed E-state index contributed by atoms with van der Waals surface area (Å²) in [6.07, 6.45) is 7.25. The summed E-state index contributed by atoms with van der Waals surface area (Å²) in [5.74, 6) is 0. The number of hydrogen-bond acceptors (Lipinski definition) is 3. The molecule has 0 heterocycles. The predicted molar refractivity (Wildman–Crippen MR) is 71.7 cm³/mol. The molecule has 1 aliphatic carbocycles. The van der Waals surface area contributed by atoms with Crippen LogP contribution in [-0.4, -0.2) is 10.2 Å². The summed E-state index contributed by atoms with van der Waals surface area (Å²) < 4.78 is 0. The molecule has 2 nitrogen and oxygen atoms in total. The number of benzene rings is 1. The fourth-order valence-corrected chi connectivity index (χ4v) is 2.00. The molecule has 17 heavy (non-hydrogen) atoms. The summed E-state index contributed by atoms with van der Waals surface area (Å²) in [6.45, 7) is 0. The average molecular weight is 246 g/mol. The van der Waals surface area contributed by atoms with Gasteiger partial charge >= 0.3 is 0 Å². The van der Waals surface area contributed by atoms with Crippen LogP contribution in [0, 0.1) is 0 Å². The van der Waals surface area contributed by atoms with Gasteiger partial charge in [-0.2, -0.15) is 0 Å². The Balaban J connectivity index is 2.55. The van der Waals surface area contributed by atoms with Gasteiger partial charge in [0.2, 0.25) is 0 Å². The van der Waals surface area contributed by atoms with E-state index < -0.39 is 12.2 Å². The number of allylic oxidation sites excluding steroid dienone is 4. The third-order valence-corrected chi connectivity index (χ3v) is 3.07. The van der Waals surface area contributed by atoms with Crippen LogP contribution in [0.1, 0.15) is 23.3 Å². The van der Waals surface area contributed by atoms with Gasteiger partial charge in [-0.05, 0) is 17.2 Å². The number of hydrogen-bond donors (Lipinski definition) is 3. The van der Waals surface area contributed by atoms with Crippen LogP contribution in [0.2, 0.25) is 0 Å². The van der Waals surface area contributed by atoms with Crippen LogP contribution in [0.25, 0.3) is 0 Å². The number of rotatable bonds is 0. The van der Waals surface area contributed by atoms with Gasteiger partial charge in [0.1, 0.15) is 6.10 Å². The van der Waals surface area contributed by atoms with Gasteiger partial charge in [0, 0.05) is 4.91 Å². The van der Waals surface area contributed by atoms with E-state index in [9.17, 15) is 10.2 Å². The third-order valence-electron chi connectivity index (χ3n) is 2.67. The molecule has 1 aromatic carbocycles. The molecule has 2 atom stereocenters. The molecule has 0 amide bonds. The van der Waals surface area contributed by atoms with Crippen molar-refractivity contribution in [3.63, 3.8) is 0 Å². The van der Waals surface area contributed by atoms with Crippen LogP contribution in [-0.2, 0) is 0 Å². The molecule has 1 aliphatic rings. The summed E-state index contributed by atoms with van der Waals surface area (Å²) in [5.41, 5.74) is 1.38. The van der Waals surface area contributed by atoms with E-state index >= 15 is 0 Å². The van der Waals surface area contributed by atoms with E-state index in [-0.39, 0.29) is 0 Å². The zero-order valence-electron chi connectivity index (χ0n) is 9.19. The first-order valence-electron chi connectivity index (χ1n) is 5.39. The highest BCUT2D eigenvalue weighted by atomic mass is 32.1. The standard InChI is InChI=1S/C14H14O2S/c15-12-8-2-1-3-9-13(17)14(16)11-7-5-4-6-10(11)12/h1-9,12,14-17H/b3-1-,8-2+,13-9-. The molecule has 0 spiro atoms. The summed E-state index contributed by atoms with van der Waals surface area (Å²) >= 11 is 4.26. The van der Waals surface area contributed by atoms with Crippen molar-refractivity contribution in [2.75, 3.05) is 0 Å². The summed E-state index contributed by atoms with van der Waals surface area (Å²) in [7, 11) is 0. The van der Waals surface area contributed by atoms with Crippen LogP contribution < -0.4 is 0 Å². The molecule has 0 bridgehead atoms. The third kappa shape index (κ3) is 2.69. The van der Waals surface area contributed by atoms with Crippen LogP contribution >= 0.6 is 12.6 Å². The SMILES string of the molecule is OC1/C=C/C=C\C=C(/S)C(O)c2ccccc21. The Morgan fingerprint density at radius 3 is 2.41 bits per heavy atom. The summed E-state index contributed by atoms with van der Waals surface area (Å²) in [4.78, 5) is 0.552. The summed E-state index contributed by atoms with van der Waals surface area (Å²) in [5, 5.41) is 20.2. The minimum atomic E-state index is -0.805. The van der Waals surface area contributed by atoms with Crippen molar-refractivity contribution in [2.45, 2.75) is 12.2 Å². The van der Waals surface area contributed by atoms with Crippen molar-refractivity contribution in [2.24, 2.45) is 0 Å². The van der Waals surface area contributed by atoms with Crippen molar-refractivity contribution in [1.82, 2.24) is 0 Å². The predicted octanol–water partition coefficient (Wildman–Crippen LogP) is 2.69. The van der Waals surface area contributed by atoms with Crippen molar-refractivity contribution in [3.05, 3.63) is 70.7 Å². The first kappa shape index (κ1) is 12.2. The van der Waals surface area contributed by atoms with Gasteiger partial charge in [0.25, 0.3) is 0 Å². The molecule has 0 fully saturated rings. The molecular formula is C14H14O2S. The number of aliphatic hydroxyl groups is 2. The second kappa shape index (κ2) is 5.36. The first-order chi connectivity index (χ1) is 8.20. The molecule has 0 aliphatic heterocycles. The van der Waals surface area contributed by atoms with Gasteiger partial charge in [-0.15, -0.1) is 12.6 Å². The monoisotopic (exact) mass is 246 g/mol. The van der Waals surface area contributed by atoms with Crippen molar-refractivity contribution >= 4 is 12.6 Å². The van der Waals surface area contributed by atoms with Gasteiger partial charge in [0.05, 0.1) is 6.10 Å². The lowest BCUT2D eigenvalue weighted by molar-refractivity contribution is 0.203. The quantitative estimate of drug-likeness (QED) is 0.616. The molecule has 2 rings (SSSR count). The molecule has 1 aromatic rings. The van der Waals surface area contributed by atoms with E-state index in [0.717, 1.165) is 0 Å². The molecule has 2 N–H and O–H groups in total. The fraction of sp³-hybridized carbons (Fsp3) is 0.143. The van der Waals surface area contributed by atoms with Gasteiger partial charge in [-0.3, -0.25) is 0 Å². The molecule has 0 aromatic heterocycles. The van der Waals surface area contributed by atoms with E-state index in [4.69, 9.17) is 0 Å².